The second-order valence-corrected chi connectivity index (χ2v) is 5.81. The van der Waals surface area contributed by atoms with E-state index in [0.29, 0.717) is 11.3 Å². The Bertz CT molecular complexity index is 550. The van der Waals surface area contributed by atoms with Crippen molar-refractivity contribution in [3.05, 3.63) is 29.8 Å². The molecule has 0 fully saturated rings. The first-order valence-electron chi connectivity index (χ1n) is 6.02. The number of methoxy groups -OCH3 is 2. The van der Waals surface area contributed by atoms with Crippen molar-refractivity contribution in [2.75, 3.05) is 27.3 Å². The van der Waals surface area contributed by atoms with Crippen LogP contribution >= 0.6 is 0 Å². The SMILES string of the molecule is COCOc1ccc(CC(OS(C)(=O)=O)C(=O)OC)cc1. The Hall–Kier alpha value is -1.64. The lowest BCUT2D eigenvalue weighted by atomic mass is 10.1. The maximum Gasteiger partial charge on any atom is 0.336 e. The van der Waals surface area contributed by atoms with Crippen LogP contribution in [0.25, 0.3) is 0 Å². The van der Waals surface area contributed by atoms with Crippen LogP contribution in [0.1, 0.15) is 5.56 Å². The monoisotopic (exact) mass is 318 g/mol. The van der Waals surface area contributed by atoms with Gasteiger partial charge in [-0.3, -0.25) is 4.18 Å². The number of carbonyl (C=O) groups is 1. The molecule has 1 aromatic carbocycles. The third-order valence-corrected chi connectivity index (χ3v) is 3.02. The van der Waals surface area contributed by atoms with Crippen molar-refractivity contribution in [1.82, 2.24) is 0 Å². The van der Waals surface area contributed by atoms with Crippen LogP contribution in [0.2, 0.25) is 0 Å². The van der Waals surface area contributed by atoms with Crippen molar-refractivity contribution in [2.45, 2.75) is 12.5 Å². The molecule has 8 heteroatoms. The van der Waals surface area contributed by atoms with Crippen molar-refractivity contribution in [2.24, 2.45) is 0 Å². The zero-order valence-corrected chi connectivity index (χ0v) is 12.9. The predicted molar refractivity (Wildman–Crippen MR) is 74.4 cm³/mol. The zero-order valence-electron chi connectivity index (χ0n) is 12.1. The van der Waals surface area contributed by atoms with E-state index in [1.165, 1.54) is 14.2 Å². The maximum absolute atomic E-state index is 11.5. The first-order chi connectivity index (χ1) is 9.85. The van der Waals surface area contributed by atoms with Gasteiger partial charge < -0.3 is 14.2 Å². The van der Waals surface area contributed by atoms with E-state index in [9.17, 15) is 13.2 Å². The van der Waals surface area contributed by atoms with Gasteiger partial charge in [-0.25, -0.2) is 4.79 Å². The van der Waals surface area contributed by atoms with Crippen molar-refractivity contribution >= 4 is 16.1 Å². The summed E-state index contributed by atoms with van der Waals surface area (Å²) in [5.41, 5.74) is 0.707. The number of hydrogen-bond acceptors (Lipinski definition) is 7. The molecule has 0 aliphatic carbocycles. The van der Waals surface area contributed by atoms with Crippen molar-refractivity contribution in [3.8, 4) is 5.75 Å². The Morgan fingerprint density at radius 1 is 1.19 bits per heavy atom. The number of ether oxygens (including phenoxy) is 3. The molecule has 0 aromatic heterocycles. The molecule has 0 saturated heterocycles. The molecule has 0 bridgehead atoms. The smallest absolute Gasteiger partial charge is 0.336 e. The van der Waals surface area contributed by atoms with Gasteiger partial charge in [0.05, 0.1) is 13.4 Å². The van der Waals surface area contributed by atoms with Gasteiger partial charge in [0.2, 0.25) is 0 Å². The molecular weight excluding hydrogens is 300 g/mol. The first kappa shape index (κ1) is 17.4. The van der Waals surface area contributed by atoms with Crippen LogP contribution in [-0.2, 0) is 35.0 Å². The third kappa shape index (κ3) is 6.56. The van der Waals surface area contributed by atoms with E-state index in [1.807, 2.05) is 0 Å². The van der Waals surface area contributed by atoms with E-state index >= 15 is 0 Å². The molecule has 1 rings (SSSR count). The van der Waals surface area contributed by atoms with Crippen LogP contribution in [0.4, 0.5) is 0 Å². The Morgan fingerprint density at radius 2 is 1.81 bits per heavy atom. The van der Waals surface area contributed by atoms with E-state index in [2.05, 4.69) is 4.74 Å². The van der Waals surface area contributed by atoms with Crippen LogP contribution in [0.15, 0.2) is 24.3 Å². The lowest BCUT2D eigenvalue weighted by Gasteiger charge is -2.14. The highest BCUT2D eigenvalue weighted by molar-refractivity contribution is 7.86. The van der Waals surface area contributed by atoms with Crippen LogP contribution in [0.3, 0.4) is 0 Å². The zero-order chi connectivity index (χ0) is 15.9. The Morgan fingerprint density at radius 3 is 2.29 bits per heavy atom. The molecule has 0 aliphatic rings. The number of carbonyl (C=O) groups excluding carboxylic acids is 1. The highest BCUT2D eigenvalue weighted by Gasteiger charge is 2.25. The highest BCUT2D eigenvalue weighted by atomic mass is 32.2. The topological polar surface area (TPSA) is 88.1 Å². The molecule has 7 nitrogen and oxygen atoms in total. The van der Waals surface area contributed by atoms with Gasteiger partial charge in [0.25, 0.3) is 10.1 Å². The van der Waals surface area contributed by atoms with E-state index in [0.717, 1.165) is 6.26 Å². The first-order valence-corrected chi connectivity index (χ1v) is 7.84. The Kier molecular flexibility index (Phi) is 6.60. The standard InChI is InChI=1S/C13H18O7S/c1-17-9-19-11-6-4-10(5-7-11)8-12(13(14)18-2)20-21(3,15)16/h4-7,12H,8-9H2,1-3H3. The minimum Gasteiger partial charge on any atom is -0.468 e. The molecule has 0 N–H and O–H groups in total. The molecule has 0 amide bonds. The van der Waals surface area contributed by atoms with E-state index in [-0.39, 0.29) is 13.2 Å². The number of esters is 1. The Labute approximate surface area is 123 Å². The average Bonchev–Trinajstić information content (AvgIpc) is 2.43. The summed E-state index contributed by atoms with van der Waals surface area (Å²) in [6.07, 6.45) is -0.259. The van der Waals surface area contributed by atoms with Gasteiger partial charge in [-0.15, -0.1) is 0 Å². The molecular formula is C13H18O7S. The summed E-state index contributed by atoms with van der Waals surface area (Å²) in [4.78, 5) is 11.5. The number of rotatable bonds is 8. The Balaban J connectivity index is 2.76. The normalized spacial score (nSPS) is 12.7. The summed E-state index contributed by atoms with van der Waals surface area (Å²) in [5, 5.41) is 0. The lowest BCUT2D eigenvalue weighted by Crippen LogP contribution is -2.30. The molecule has 0 heterocycles. The van der Waals surface area contributed by atoms with E-state index in [4.69, 9.17) is 13.7 Å². The minimum absolute atomic E-state index is 0.0737. The fourth-order valence-corrected chi connectivity index (χ4v) is 2.13. The molecule has 21 heavy (non-hydrogen) atoms. The maximum atomic E-state index is 11.5. The van der Waals surface area contributed by atoms with Crippen LogP contribution in [-0.4, -0.2) is 47.8 Å². The third-order valence-electron chi connectivity index (χ3n) is 2.44. The summed E-state index contributed by atoms with van der Waals surface area (Å²) < 4.78 is 41.6. The molecule has 1 aromatic rings. The second kappa shape index (κ2) is 7.96. The minimum atomic E-state index is -3.76. The van der Waals surface area contributed by atoms with Gasteiger partial charge in [-0.05, 0) is 17.7 Å². The van der Waals surface area contributed by atoms with Crippen molar-refractivity contribution in [3.63, 3.8) is 0 Å². The predicted octanol–water partition coefficient (Wildman–Crippen LogP) is 0.730. The van der Waals surface area contributed by atoms with Gasteiger partial charge in [0, 0.05) is 13.5 Å². The van der Waals surface area contributed by atoms with Crippen LogP contribution in [0.5, 0.6) is 5.75 Å². The molecule has 0 spiro atoms. The lowest BCUT2D eigenvalue weighted by molar-refractivity contribution is -0.148. The van der Waals surface area contributed by atoms with E-state index < -0.39 is 22.2 Å². The molecule has 1 unspecified atom stereocenters. The van der Waals surface area contributed by atoms with Gasteiger partial charge >= 0.3 is 5.97 Å². The molecule has 0 radical (unpaired) electrons. The fraction of sp³-hybridized carbons (Fsp3) is 0.462. The summed E-state index contributed by atoms with van der Waals surface area (Å²) in [6.45, 7) is 0.126. The highest BCUT2D eigenvalue weighted by Crippen LogP contribution is 2.15. The van der Waals surface area contributed by atoms with Crippen molar-refractivity contribution < 1.29 is 31.6 Å². The molecule has 0 aliphatic heterocycles. The number of hydrogen-bond donors (Lipinski definition) is 0. The quantitative estimate of drug-likeness (QED) is 0.396. The summed E-state index contributed by atoms with van der Waals surface area (Å²) >= 11 is 0. The summed E-state index contributed by atoms with van der Waals surface area (Å²) in [7, 11) is -1.08. The van der Waals surface area contributed by atoms with E-state index in [1.54, 1.807) is 24.3 Å². The van der Waals surface area contributed by atoms with Gasteiger partial charge in [0.1, 0.15) is 5.75 Å². The molecule has 118 valence electrons. The van der Waals surface area contributed by atoms with Gasteiger partial charge in [0.15, 0.2) is 12.9 Å². The van der Waals surface area contributed by atoms with Crippen LogP contribution in [0, 0.1) is 0 Å². The average molecular weight is 318 g/mol. The largest absolute Gasteiger partial charge is 0.468 e. The van der Waals surface area contributed by atoms with Crippen LogP contribution < -0.4 is 4.74 Å². The molecule has 1 atom stereocenters. The number of benzene rings is 1. The van der Waals surface area contributed by atoms with Gasteiger partial charge in [-0.2, -0.15) is 8.42 Å². The summed E-state index contributed by atoms with van der Waals surface area (Å²) in [5.74, 6) is -0.153. The second-order valence-electron chi connectivity index (χ2n) is 4.21. The van der Waals surface area contributed by atoms with Gasteiger partial charge in [-0.1, -0.05) is 12.1 Å². The fourth-order valence-electron chi connectivity index (χ4n) is 1.56. The molecule has 0 saturated carbocycles. The summed E-state index contributed by atoms with van der Waals surface area (Å²) in [6, 6.07) is 6.77. The van der Waals surface area contributed by atoms with Crippen molar-refractivity contribution in [1.29, 1.82) is 0 Å².